The Morgan fingerprint density at radius 2 is 1.69 bits per heavy atom. The molecule has 36 heavy (non-hydrogen) atoms. The Labute approximate surface area is 202 Å². The number of alkyl halides is 3. The molecule has 4 aromatic rings. The number of halogens is 3. The minimum atomic E-state index is -5.06. The fourth-order valence-corrected chi connectivity index (χ4v) is 3.33. The average molecular weight is 500 g/mol. The van der Waals surface area contributed by atoms with Gasteiger partial charge in [-0.15, -0.1) is 0 Å². The molecule has 0 N–H and O–H groups in total. The maximum Gasteiger partial charge on any atom is 0.453 e. The number of hydrogen-bond acceptors (Lipinski definition) is 7. The number of hydrogen-bond donors (Lipinski definition) is 0. The zero-order valence-electron chi connectivity index (χ0n) is 19.0. The quantitative estimate of drug-likeness (QED) is 0.220. The lowest BCUT2D eigenvalue weighted by Gasteiger charge is -2.15. The van der Waals surface area contributed by atoms with Gasteiger partial charge in [-0.25, -0.2) is 4.79 Å². The number of carbonyl (C=O) groups excluding carboxylic acids is 1. The second-order valence-electron chi connectivity index (χ2n) is 7.35. The van der Waals surface area contributed by atoms with Crippen LogP contribution in [0.1, 0.15) is 23.0 Å². The van der Waals surface area contributed by atoms with Crippen molar-refractivity contribution in [2.45, 2.75) is 13.1 Å². The van der Waals surface area contributed by atoms with E-state index < -0.39 is 34.7 Å². The molecule has 186 valence electrons. The van der Waals surface area contributed by atoms with E-state index in [4.69, 9.17) is 23.4 Å². The van der Waals surface area contributed by atoms with Gasteiger partial charge in [-0.1, -0.05) is 18.2 Å². The lowest BCUT2D eigenvalue weighted by Crippen LogP contribution is -2.16. The van der Waals surface area contributed by atoms with Crippen LogP contribution in [0, 0.1) is 0 Å². The number of fused-ring (bicyclic) bond motifs is 1. The maximum absolute atomic E-state index is 13.9. The van der Waals surface area contributed by atoms with E-state index in [1.165, 1.54) is 49.6 Å². The van der Waals surface area contributed by atoms with Gasteiger partial charge in [-0.3, -0.25) is 4.79 Å². The highest BCUT2D eigenvalue weighted by molar-refractivity contribution is 5.92. The maximum atomic E-state index is 13.9. The van der Waals surface area contributed by atoms with Crippen LogP contribution in [-0.4, -0.2) is 19.7 Å². The topological polar surface area (TPSA) is 84.2 Å². The number of para-hydroxylation sites is 2. The van der Waals surface area contributed by atoms with E-state index in [9.17, 15) is 22.8 Å². The third-order valence-electron chi connectivity index (χ3n) is 4.96. The van der Waals surface area contributed by atoms with E-state index in [1.807, 2.05) is 0 Å². The molecule has 0 atom stereocenters. The molecule has 0 saturated heterocycles. The molecule has 0 fully saturated rings. The fraction of sp³-hybridized carbons (Fsp3) is 0.154. The molecule has 1 heterocycles. The van der Waals surface area contributed by atoms with Crippen molar-refractivity contribution >= 4 is 16.9 Å². The van der Waals surface area contributed by atoms with Gasteiger partial charge in [-0.05, 0) is 49.4 Å². The summed E-state index contributed by atoms with van der Waals surface area (Å²) in [5.74, 6) is -3.08. The number of carbonyl (C=O) groups is 1. The third kappa shape index (κ3) is 5.12. The van der Waals surface area contributed by atoms with Crippen molar-refractivity contribution in [1.82, 2.24) is 0 Å². The highest BCUT2D eigenvalue weighted by atomic mass is 19.4. The summed E-state index contributed by atoms with van der Waals surface area (Å²) in [5.41, 5.74) is -1.34. The first-order chi connectivity index (χ1) is 17.2. The van der Waals surface area contributed by atoms with Crippen molar-refractivity contribution in [2.75, 3.05) is 13.7 Å². The molecule has 7 nitrogen and oxygen atoms in total. The largest absolute Gasteiger partial charge is 0.497 e. The van der Waals surface area contributed by atoms with Gasteiger partial charge in [-0.2, -0.15) is 13.2 Å². The van der Waals surface area contributed by atoms with Crippen LogP contribution < -0.4 is 24.4 Å². The molecular weight excluding hydrogens is 481 g/mol. The van der Waals surface area contributed by atoms with Gasteiger partial charge in [0, 0.05) is 6.07 Å². The summed E-state index contributed by atoms with van der Waals surface area (Å²) in [5, 5.41) is -0.201. The molecule has 0 aliphatic carbocycles. The van der Waals surface area contributed by atoms with Crippen LogP contribution in [0.3, 0.4) is 0 Å². The van der Waals surface area contributed by atoms with Crippen LogP contribution in [0.5, 0.6) is 28.7 Å². The predicted molar refractivity (Wildman–Crippen MR) is 123 cm³/mol. The van der Waals surface area contributed by atoms with Crippen LogP contribution in [0.25, 0.3) is 11.0 Å². The SMILES string of the molecule is CCOc1ccccc1Oc1c(C(F)(F)F)oc2cc(OC(=O)c3cccc(OC)c3)ccc2c1=O. The number of benzene rings is 3. The van der Waals surface area contributed by atoms with E-state index in [0.29, 0.717) is 5.75 Å². The molecular formula is C26H19F3O7. The number of methoxy groups -OCH3 is 1. The van der Waals surface area contributed by atoms with Crippen LogP contribution in [-0.2, 0) is 6.18 Å². The zero-order chi connectivity index (χ0) is 25.9. The minimum Gasteiger partial charge on any atom is -0.497 e. The normalized spacial score (nSPS) is 11.2. The highest BCUT2D eigenvalue weighted by Gasteiger charge is 2.40. The molecule has 1 aromatic heterocycles. The molecule has 0 aliphatic heterocycles. The van der Waals surface area contributed by atoms with Gasteiger partial charge < -0.3 is 23.4 Å². The molecule has 0 unspecified atom stereocenters. The Hall–Kier alpha value is -4.47. The monoisotopic (exact) mass is 500 g/mol. The average Bonchev–Trinajstić information content (AvgIpc) is 2.86. The molecule has 10 heteroatoms. The summed E-state index contributed by atoms with van der Waals surface area (Å²) < 4.78 is 67.8. The molecule has 0 spiro atoms. The van der Waals surface area contributed by atoms with Gasteiger partial charge >= 0.3 is 12.1 Å². The van der Waals surface area contributed by atoms with Crippen molar-refractivity contribution in [3.63, 3.8) is 0 Å². The molecule has 0 amide bonds. The number of rotatable bonds is 7. The summed E-state index contributed by atoms with van der Waals surface area (Å²) >= 11 is 0. The van der Waals surface area contributed by atoms with Gasteiger partial charge in [0.15, 0.2) is 11.5 Å². The van der Waals surface area contributed by atoms with Crippen molar-refractivity contribution in [2.24, 2.45) is 0 Å². The van der Waals surface area contributed by atoms with E-state index >= 15 is 0 Å². The number of ether oxygens (including phenoxy) is 4. The molecule has 0 aliphatic rings. The van der Waals surface area contributed by atoms with Gasteiger partial charge in [0.2, 0.25) is 11.2 Å². The smallest absolute Gasteiger partial charge is 0.453 e. The van der Waals surface area contributed by atoms with Crippen molar-refractivity contribution < 1.29 is 41.3 Å². The summed E-state index contributed by atoms with van der Waals surface area (Å²) in [6, 6.07) is 15.6. The summed E-state index contributed by atoms with van der Waals surface area (Å²) in [6.45, 7) is 1.93. The fourth-order valence-electron chi connectivity index (χ4n) is 3.33. The van der Waals surface area contributed by atoms with Gasteiger partial charge in [0.05, 0.1) is 24.7 Å². The Morgan fingerprint density at radius 1 is 0.944 bits per heavy atom. The molecule has 0 radical (unpaired) electrons. The predicted octanol–water partition coefficient (Wildman–Crippen LogP) is 6.23. The zero-order valence-corrected chi connectivity index (χ0v) is 19.0. The first kappa shape index (κ1) is 24.6. The van der Waals surface area contributed by atoms with E-state index in [2.05, 4.69) is 0 Å². The van der Waals surface area contributed by atoms with Crippen molar-refractivity contribution in [3.8, 4) is 28.7 Å². The standard InChI is InChI=1S/C26H19F3O7/c1-3-33-19-9-4-5-10-20(19)35-23-22(30)18-12-11-17(14-21(18)36-24(23)26(27,28)29)34-25(31)15-7-6-8-16(13-15)32-2/h4-14H,3H2,1-2H3. The molecule has 4 rings (SSSR count). The van der Waals surface area contributed by atoms with E-state index in [-0.39, 0.29) is 34.8 Å². The Kier molecular flexibility index (Phi) is 6.86. The highest BCUT2D eigenvalue weighted by Crippen LogP contribution is 2.40. The molecule has 0 saturated carbocycles. The summed E-state index contributed by atoms with van der Waals surface area (Å²) in [4.78, 5) is 25.5. The van der Waals surface area contributed by atoms with Crippen LogP contribution in [0.15, 0.2) is 75.9 Å². The lowest BCUT2D eigenvalue weighted by molar-refractivity contribution is -0.154. The van der Waals surface area contributed by atoms with Crippen LogP contribution in [0.2, 0.25) is 0 Å². The van der Waals surface area contributed by atoms with Gasteiger partial charge in [0.25, 0.3) is 5.76 Å². The second-order valence-corrected chi connectivity index (χ2v) is 7.35. The summed E-state index contributed by atoms with van der Waals surface area (Å²) in [7, 11) is 1.43. The first-order valence-electron chi connectivity index (χ1n) is 10.6. The van der Waals surface area contributed by atoms with Crippen molar-refractivity contribution in [3.05, 3.63) is 88.3 Å². The van der Waals surface area contributed by atoms with Crippen LogP contribution >= 0.6 is 0 Å². The Morgan fingerprint density at radius 3 is 2.39 bits per heavy atom. The van der Waals surface area contributed by atoms with Gasteiger partial charge in [0.1, 0.15) is 17.1 Å². The minimum absolute atomic E-state index is 0.0830. The van der Waals surface area contributed by atoms with E-state index in [1.54, 1.807) is 25.1 Å². The first-order valence-corrected chi connectivity index (χ1v) is 10.6. The Balaban J connectivity index is 1.75. The molecule has 0 bridgehead atoms. The van der Waals surface area contributed by atoms with Crippen LogP contribution in [0.4, 0.5) is 13.2 Å². The number of esters is 1. The lowest BCUT2D eigenvalue weighted by atomic mass is 10.2. The Bertz CT molecular complexity index is 1470. The molecule has 3 aromatic carbocycles. The van der Waals surface area contributed by atoms with Crippen molar-refractivity contribution in [1.29, 1.82) is 0 Å². The van der Waals surface area contributed by atoms with E-state index in [0.717, 1.165) is 6.07 Å². The summed E-state index contributed by atoms with van der Waals surface area (Å²) in [6.07, 6.45) is -5.06. The third-order valence-corrected chi connectivity index (χ3v) is 4.96. The second kappa shape index (κ2) is 10.0.